The number of carbonyl (C=O) groups is 1. The van der Waals surface area contributed by atoms with Crippen LogP contribution < -0.4 is 14.8 Å². The second kappa shape index (κ2) is 6.66. The molecular formula is C14H20ClNO3. The predicted octanol–water partition coefficient (Wildman–Crippen LogP) is 2.84. The molecule has 1 N–H and O–H groups in total. The van der Waals surface area contributed by atoms with Crippen molar-refractivity contribution in [1.82, 2.24) is 5.32 Å². The van der Waals surface area contributed by atoms with E-state index in [1.807, 2.05) is 13.8 Å². The number of hydrogen-bond donors (Lipinski definition) is 1. The highest BCUT2D eigenvalue weighted by Gasteiger charge is 2.27. The Bertz CT molecular complexity index is 422. The van der Waals surface area contributed by atoms with Crippen molar-refractivity contribution in [2.24, 2.45) is 0 Å². The van der Waals surface area contributed by atoms with Crippen LogP contribution in [0.25, 0.3) is 0 Å². The summed E-state index contributed by atoms with van der Waals surface area (Å²) >= 11 is 5.91. The first-order valence-electron chi connectivity index (χ1n) is 6.10. The van der Waals surface area contributed by atoms with Crippen LogP contribution in [0.3, 0.4) is 0 Å². The van der Waals surface area contributed by atoms with Gasteiger partial charge in [0.05, 0.1) is 19.8 Å². The third kappa shape index (κ3) is 3.53. The molecular weight excluding hydrogens is 266 g/mol. The second-order valence-corrected chi connectivity index (χ2v) is 4.81. The zero-order valence-electron chi connectivity index (χ0n) is 11.7. The van der Waals surface area contributed by atoms with Gasteiger partial charge in [0.2, 0.25) is 0 Å². The van der Waals surface area contributed by atoms with Gasteiger partial charge in [-0.1, -0.05) is 13.0 Å². The fraction of sp³-hybridized carbons (Fsp3) is 0.500. The lowest BCUT2D eigenvalue weighted by Gasteiger charge is -2.27. The molecule has 5 heteroatoms. The van der Waals surface area contributed by atoms with Gasteiger partial charge in [-0.15, -0.1) is 11.6 Å². The monoisotopic (exact) mass is 285 g/mol. The second-order valence-electron chi connectivity index (χ2n) is 4.54. The number of hydrogen-bond acceptors (Lipinski definition) is 3. The maximum Gasteiger partial charge on any atom is 0.259 e. The minimum Gasteiger partial charge on any atom is -0.496 e. The van der Waals surface area contributed by atoms with E-state index in [2.05, 4.69) is 5.32 Å². The molecule has 1 unspecified atom stereocenters. The number of nitrogens with one attached hydrogen (secondary N) is 1. The fourth-order valence-electron chi connectivity index (χ4n) is 1.63. The Morgan fingerprint density at radius 3 is 2.21 bits per heavy atom. The van der Waals surface area contributed by atoms with Crippen LogP contribution in [-0.4, -0.2) is 31.5 Å². The number of benzene rings is 1. The Labute approximate surface area is 119 Å². The highest BCUT2D eigenvalue weighted by atomic mass is 35.5. The van der Waals surface area contributed by atoms with E-state index in [4.69, 9.17) is 21.1 Å². The maximum absolute atomic E-state index is 12.4. The molecule has 0 bridgehead atoms. The molecule has 0 saturated carbocycles. The van der Waals surface area contributed by atoms with E-state index in [1.54, 1.807) is 18.2 Å². The van der Waals surface area contributed by atoms with E-state index in [0.29, 0.717) is 22.9 Å². The Balaban J connectivity index is 3.11. The molecule has 0 aliphatic heterocycles. The number of methoxy groups -OCH3 is 2. The number of halogens is 1. The van der Waals surface area contributed by atoms with Crippen LogP contribution in [-0.2, 0) is 0 Å². The van der Waals surface area contributed by atoms with E-state index in [-0.39, 0.29) is 5.91 Å². The number of rotatable bonds is 6. The molecule has 1 amide bonds. The third-order valence-electron chi connectivity index (χ3n) is 3.15. The molecule has 0 saturated heterocycles. The minimum absolute atomic E-state index is 0.251. The summed E-state index contributed by atoms with van der Waals surface area (Å²) < 4.78 is 10.4. The molecule has 0 heterocycles. The van der Waals surface area contributed by atoms with Crippen LogP contribution in [0.5, 0.6) is 11.5 Å². The van der Waals surface area contributed by atoms with Gasteiger partial charge in [-0.05, 0) is 25.5 Å². The molecule has 0 fully saturated rings. The van der Waals surface area contributed by atoms with Crippen molar-refractivity contribution in [3.05, 3.63) is 23.8 Å². The minimum atomic E-state index is -0.454. The molecule has 19 heavy (non-hydrogen) atoms. The third-order valence-corrected chi connectivity index (χ3v) is 3.74. The predicted molar refractivity (Wildman–Crippen MR) is 76.4 cm³/mol. The highest BCUT2D eigenvalue weighted by molar-refractivity contribution is 6.19. The van der Waals surface area contributed by atoms with Gasteiger partial charge in [-0.25, -0.2) is 0 Å². The van der Waals surface area contributed by atoms with Gasteiger partial charge < -0.3 is 14.8 Å². The van der Waals surface area contributed by atoms with E-state index >= 15 is 0 Å². The van der Waals surface area contributed by atoms with Crippen molar-refractivity contribution in [3.63, 3.8) is 0 Å². The lowest BCUT2D eigenvalue weighted by Crippen LogP contribution is -2.47. The zero-order chi connectivity index (χ0) is 14.5. The average Bonchev–Trinajstić information content (AvgIpc) is 2.45. The largest absolute Gasteiger partial charge is 0.496 e. The first kappa shape index (κ1) is 15.6. The van der Waals surface area contributed by atoms with Crippen LogP contribution in [0.15, 0.2) is 18.2 Å². The molecule has 0 radical (unpaired) electrons. The number of carbonyl (C=O) groups excluding carboxylic acids is 1. The number of amides is 1. The van der Waals surface area contributed by atoms with E-state index < -0.39 is 5.54 Å². The molecule has 4 nitrogen and oxygen atoms in total. The smallest absolute Gasteiger partial charge is 0.259 e. The molecule has 1 rings (SSSR count). The molecule has 1 aromatic carbocycles. The van der Waals surface area contributed by atoms with Gasteiger partial charge in [0.25, 0.3) is 5.91 Å². The van der Waals surface area contributed by atoms with E-state index in [0.717, 1.165) is 6.42 Å². The summed E-state index contributed by atoms with van der Waals surface area (Å²) in [5.41, 5.74) is -0.0675. The molecule has 1 aromatic rings. The van der Waals surface area contributed by atoms with Crippen LogP contribution in [0.1, 0.15) is 30.6 Å². The summed E-state index contributed by atoms with van der Waals surface area (Å²) in [5.74, 6) is 1.04. The number of ether oxygens (including phenoxy) is 2. The highest BCUT2D eigenvalue weighted by Crippen LogP contribution is 2.28. The quantitative estimate of drug-likeness (QED) is 0.818. The van der Waals surface area contributed by atoms with Gasteiger partial charge in [0.15, 0.2) is 0 Å². The van der Waals surface area contributed by atoms with Crippen molar-refractivity contribution in [3.8, 4) is 11.5 Å². The summed E-state index contributed by atoms with van der Waals surface area (Å²) in [7, 11) is 3.04. The summed E-state index contributed by atoms with van der Waals surface area (Å²) in [5, 5.41) is 2.93. The number of alkyl halides is 1. The first-order valence-corrected chi connectivity index (χ1v) is 6.64. The fourth-order valence-corrected chi connectivity index (χ4v) is 1.88. The van der Waals surface area contributed by atoms with Crippen molar-refractivity contribution >= 4 is 17.5 Å². The topological polar surface area (TPSA) is 47.6 Å². The molecule has 0 aromatic heterocycles. The van der Waals surface area contributed by atoms with Crippen LogP contribution in [0, 0.1) is 0 Å². The Morgan fingerprint density at radius 1 is 1.32 bits per heavy atom. The van der Waals surface area contributed by atoms with E-state index in [9.17, 15) is 4.79 Å². The molecule has 0 aliphatic rings. The lowest BCUT2D eigenvalue weighted by molar-refractivity contribution is 0.0906. The van der Waals surface area contributed by atoms with Crippen molar-refractivity contribution in [2.45, 2.75) is 25.8 Å². The SMILES string of the molecule is CCC(C)(CCl)NC(=O)c1c(OC)cccc1OC. The maximum atomic E-state index is 12.4. The van der Waals surface area contributed by atoms with Gasteiger partial charge in [-0.2, -0.15) is 0 Å². The van der Waals surface area contributed by atoms with Crippen LogP contribution >= 0.6 is 11.6 Å². The Morgan fingerprint density at radius 2 is 1.84 bits per heavy atom. The summed E-state index contributed by atoms with van der Waals surface area (Å²) in [6.07, 6.45) is 0.736. The van der Waals surface area contributed by atoms with Gasteiger partial charge in [0.1, 0.15) is 17.1 Å². The van der Waals surface area contributed by atoms with Crippen molar-refractivity contribution in [1.29, 1.82) is 0 Å². The van der Waals surface area contributed by atoms with Gasteiger partial charge in [0, 0.05) is 5.88 Å². The Kier molecular flexibility index (Phi) is 5.48. The molecule has 106 valence electrons. The average molecular weight is 286 g/mol. The normalized spacial score (nSPS) is 13.5. The van der Waals surface area contributed by atoms with Crippen LogP contribution in [0.4, 0.5) is 0 Å². The summed E-state index contributed by atoms with van der Waals surface area (Å²) in [6.45, 7) is 3.88. The Hall–Kier alpha value is -1.42. The molecule has 1 atom stereocenters. The van der Waals surface area contributed by atoms with Crippen molar-refractivity contribution < 1.29 is 14.3 Å². The first-order chi connectivity index (χ1) is 9.01. The van der Waals surface area contributed by atoms with Gasteiger partial charge in [-0.3, -0.25) is 4.79 Å². The van der Waals surface area contributed by atoms with Crippen molar-refractivity contribution in [2.75, 3.05) is 20.1 Å². The summed E-state index contributed by atoms with van der Waals surface area (Å²) in [4.78, 5) is 12.4. The molecule has 0 aliphatic carbocycles. The molecule has 0 spiro atoms. The lowest BCUT2D eigenvalue weighted by atomic mass is 10.0. The van der Waals surface area contributed by atoms with Crippen LogP contribution in [0.2, 0.25) is 0 Å². The van der Waals surface area contributed by atoms with Gasteiger partial charge >= 0.3 is 0 Å². The van der Waals surface area contributed by atoms with E-state index in [1.165, 1.54) is 14.2 Å². The standard InChI is InChI=1S/C14H20ClNO3/c1-5-14(2,9-15)16-13(17)12-10(18-3)7-6-8-11(12)19-4/h6-8H,5,9H2,1-4H3,(H,16,17). The summed E-state index contributed by atoms with van der Waals surface area (Å²) in [6, 6.07) is 5.22. The zero-order valence-corrected chi connectivity index (χ0v) is 12.5.